The molecular weight excluding hydrogens is 258 g/mol. The van der Waals surface area contributed by atoms with Gasteiger partial charge in [0.2, 0.25) is 5.91 Å². The molecule has 0 heterocycles. The fourth-order valence-electron chi connectivity index (χ4n) is 1.98. The van der Waals surface area contributed by atoms with Crippen molar-refractivity contribution in [3.63, 3.8) is 0 Å². The zero-order valence-corrected chi connectivity index (χ0v) is 11.2. The van der Waals surface area contributed by atoms with E-state index in [-0.39, 0.29) is 6.04 Å². The van der Waals surface area contributed by atoms with E-state index in [0.717, 1.165) is 39.0 Å². The van der Waals surface area contributed by atoms with Crippen LogP contribution in [0.25, 0.3) is 0 Å². The third kappa shape index (κ3) is 4.29. The zero-order valence-electron chi connectivity index (χ0n) is 10.4. The number of nitrogens with one attached hydrogen (secondary N) is 1. The van der Waals surface area contributed by atoms with E-state index in [4.69, 9.17) is 5.11 Å². The van der Waals surface area contributed by atoms with E-state index in [2.05, 4.69) is 5.32 Å². The summed E-state index contributed by atoms with van der Waals surface area (Å²) in [7, 11) is -3.92. The molecule has 0 radical (unpaired) electrons. The van der Waals surface area contributed by atoms with Crippen molar-refractivity contribution in [1.82, 2.24) is 5.32 Å². The van der Waals surface area contributed by atoms with Gasteiger partial charge in [0, 0.05) is 6.04 Å². The van der Waals surface area contributed by atoms with E-state index in [0.29, 0.717) is 0 Å². The Balaban J connectivity index is 2.51. The summed E-state index contributed by atoms with van der Waals surface area (Å²) in [5.41, 5.74) is 0. The van der Waals surface area contributed by atoms with Gasteiger partial charge >= 0.3 is 5.97 Å². The first-order chi connectivity index (χ1) is 8.33. The highest BCUT2D eigenvalue weighted by atomic mass is 32.2. The minimum Gasteiger partial charge on any atom is -0.480 e. The second-order valence-corrected chi connectivity index (χ2v) is 7.01. The van der Waals surface area contributed by atoms with Gasteiger partial charge in [-0.2, -0.15) is 0 Å². The minimum atomic E-state index is -3.92. The molecule has 0 aromatic rings. The average molecular weight is 277 g/mol. The normalized spacial score (nSPS) is 19.2. The predicted octanol–water partition coefficient (Wildman–Crippen LogP) is 0.323. The molecule has 2 N–H and O–H groups in total. The summed E-state index contributed by atoms with van der Waals surface area (Å²) < 4.78 is 23.2. The largest absolute Gasteiger partial charge is 0.480 e. The summed E-state index contributed by atoms with van der Waals surface area (Å²) in [6, 6.07) is 0.0292. The molecule has 1 rings (SSSR count). The fourth-order valence-corrected chi connectivity index (χ4v) is 2.98. The molecule has 0 aromatic carbocycles. The van der Waals surface area contributed by atoms with Gasteiger partial charge in [-0.1, -0.05) is 19.3 Å². The summed E-state index contributed by atoms with van der Waals surface area (Å²) >= 11 is 0. The lowest BCUT2D eigenvalue weighted by Gasteiger charge is -2.22. The van der Waals surface area contributed by atoms with Crippen LogP contribution < -0.4 is 5.32 Å². The predicted molar refractivity (Wildman–Crippen MR) is 65.9 cm³/mol. The van der Waals surface area contributed by atoms with Crippen LogP contribution in [0.1, 0.15) is 39.0 Å². The summed E-state index contributed by atoms with van der Waals surface area (Å²) in [4.78, 5) is 22.2. The summed E-state index contributed by atoms with van der Waals surface area (Å²) in [6.07, 6.45) is 4.92. The molecular formula is C11H19NO5S. The first kappa shape index (κ1) is 14.9. The monoisotopic (exact) mass is 277 g/mol. The van der Waals surface area contributed by atoms with E-state index in [1.165, 1.54) is 0 Å². The van der Waals surface area contributed by atoms with Crippen molar-refractivity contribution in [1.29, 1.82) is 0 Å². The van der Waals surface area contributed by atoms with Gasteiger partial charge in [-0.15, -0.1) is 0 Å². The fraction of sp³-hybridized carbons (Fsp3) is 0.818. The van der Waals surface area contributed by atoms with Gasteiger partial charge in [0.15, 0.2) is 15.1 Å². The molecule has 104 valence electrons. The average Bonchev–Trinajstić information content (AvgIpc) is 2.28. The van der Waals surface area contributed by atoms with E-state index < -0.39 is 32.7 Å². The molecule has 0 aliphatic heterocycles. The number of hydrogen-bond acceptors (Lipinski definition) is 4. The van der Waals surface area contributed by atoms with Crippen LogP contribution in [0, 0.1) is 0 Å². The third-order valence-corrected chi connectivity index (χ3v) is 5.13. The molecule has 6 nitrogen and oxygen atoms in total. The van der Waals surface area contributed by atoms with Gasteiger partial charge in [-0.05, 0) is 19.8 Å². The van der Waals surface area contributed by atoms with E-state index in [1.54, 1.807) is 0 Å². The van der Waals surface area contributed by atoms with Gasteiger partial charge in [0.05, 0.1) is 0 Å². The minimum absolute atomic E-state index is 0.0292. The number of carboxylic acids is 1. The molecule has 0 aromatic heterocycles. The maximum Gasteiger partial charge on any atom is 0.321 e. The Labute approximate surface area is 107 Å². The standard InChI is InChI=1S/C11H19NO5S/c1-8(11(14)15)18(16,17)7-10(13)12-9-5-3-2-4-6-9/h8-9H,2-7H2,1H3,(H,12,13)(H,14,15). The number of amides is 1. The van der Waals surface area contributed by atoms with E-state index in [1.807, 2.05) is 0 Å². The molecule has 0 saturated heterocycles. The van der Waals surface area contributed by atoms with Crippen LogP contribution in [0.2, 0.25) is 0 Å². The molecule has 0 spiro atoms. The first-order valence-corrected chi connectivity index (χ1v) is 7.78. The van der Waals surface area contributed by atoms with Crippen LogP contribution >= 0.6 is 0 Å². The molecule has 1 amide bonds. The number of hydrogen-bond donors (Lipinski definition) is 2. The number of sulfone groups is 1. The number of aliphatic carboxylic acids is 1. The highest BCUT2D eigenvalue weighted by molar-refractivity contribution is 7.93. The highest BCUT2D eigenvalue weighted by Gasteiger charge is 2.30. The van der Waals surface area contributed by atoms with Crippen molar-refractivity contribution in [2.75, 3.05) is 5.75 Å². The number of rotatable bonds is 5. The molecule has 1 aliphatic carbocycles. The van der Waals surface area contributed by atoms with Crippen LogP contribution in [0.5, 0.6) is 0 Å². The van der Waals surface area contributed by atoms with Crippen LogP contribution in [0.3, 0.4) is 0 Å². The molecule has 1 saturated carbocycles. The van der Waals surface area contributed by atoms with E-state index in [9.17, 15) is 18.0 Å². The maximum atomic E-state index is 11.6. The van der Waals surface area contributed by atoms with Crippen molar-refractivity contribution < 1.29 is 23.1 Å². The lowest BCUT2D eigenvalue weighted by atomic mass is 9.95. The highest BCUT2D eigenvalue weighted by Crippen LogP contribution is 2.17. The summed E-state index contributed by atoms with van der Waals surface area (Å²) in [5, 5.41) is 9.75. The Morgan fingerprint density at radius 3 is 2.33 bits per heavy atom. The van der Waals surface area contributed by atoms with Gasteiger partial charge in [0.1, 0.15) is 5.75 Å². The SMILES string of the molecule is CC(C(=O)O)S(=O)(=O)CC(=O)NC1CCCCC1. The topological polar surface area (TPSA) is 101 Å². The number of carbonyl (C=O) groups excluding carboxylic acids is 1. The van der Waals surface area contributed by atoms with Crippen molar-refractivity contribution in [3.05, 3.63) is 0 Å². The lowest BCUT2D eigenvalue weighted by Crippen LogP contribution is -2.42. The van der Waals surface area contributed by atoms with Gasteiger partial charge in [-0.3, -0.25) is 9.59 Å². The van der Waals surface area contributed by atoms with Gasteiger partial charge < -0.3 is 10.4 Å². The van der Waals surface area contributed by atoms with Crippen molar-refractivity contribution in [2.24, 2.45) is 0 Å². The molecule has 1 unspecified atom stereocenters. The van der Waals surface area contributed by atoms with Crippen molar-refractivity contribution in [2.45, 2.75) is 50.3 Å². The molecule has 0 bridgehead atoms. The Morgan fingerprint density at radius 1 is 1.28 bits per heavy atom. The quantitative estimate of drug-likeness (QED) is 0.754. The van der Waals surface area contributed by atoms with Gasteiger partial charge in [0.25, 0.3) is 0 Å². The number of carboxylic acid groups (broad SMARTS) is 1. The Hall–Kier alpha value is -1.11. The third-order valence-electron chi connectivity index (χ3n) is 3.19. The van der Waals surface area contributed by atoms with Crippen LogP contribution in [-0.4, -0.2) is 42.4 Å². The smallest absolute Gasteiger partial charge is 0.321 e. The second kappa shape index (κ2) is 6.17. The van der Waals surface area contributed by atoms with Crippen LogP contribution in [0.4, 0.5) is 0 Å². The maximum absolute atomic E-state index is 11.6. The molecule has 1 aliphatic rings. The Bertz CT molecular complexity index is 411. The van der Waals surface area contributed by atoms with Gasteiger partial charge in [-0.25, -0.2) is 8.42 Å². The van der Waals surface area contributed by atoms with E-state index >= 15 is 0 Å². The summed E-state index contributed by atoms with van der Waals surface area (Å²) in [6.45, 7) is 1.07. The first-order valence-electron chi connectivity index (χ1n) is 6.06. The molecule has 1 atom stereocenters. The second-order valence-electron chi connectivity index (χ2n) is 4.69. The van der Waals surface area contributed by atoms with Crippen molar-refractivity contribution >= 4 is 21.7 Å². The Morgan fingerprint density at radius 2 is 1.83 bits per heavy atom. The molecule has 18 heavy (non-hydrogen) atoms. The summed E-state index contributed by atoms with van der Waals surface area (Å²) in [5.74, 6) is -2.78. The lowest BCUT2D eigenvalue weighted by molar-refractivity contribution is -0.136. The molecule has 7 heteroatoms. The van der Waals surface area contributed by atoms with Crippen LogP contribution in [0.15, 0.2) is 0 Å². The molecule has 1 fully saturated rings. The zero-order chi connectivity index (χ0) is 13.8. The Kier molecular flexibility index (Phi) is 5.13. The number of carbonyl (C=O) groups is 2. The van der Waals surface area contributed by atoms with Crippen molar-refractivity contribution in [3.8, 4) is 0 Å². The van der Waals surface area contributed by atoms with Crippen LogP contribution in [-0.2, 0) is 19.4 Å².